The van der Waals surface area contributed by atoms with Crippen molar-refractivity contribution in [2.45, 2.75) is 38.4 Å². The summed E-state index contributed by atoms with van der Waals surface area (Å²) in [6.45, 7) is 4.56. The number of aryl methyl sites for hydroxylation is 2. The van der Waals surface area contributed by atoms with Crippen molar-refractivity contribution in [1.29, 1.82) is 0 Å². The molecule has 0 spiro atoms. The fourth-order valence-electron chi connectivity index (χ4n) is 2.69. The van der Waals surface area contributed by atoms with E-state index < -0.39 is 0 Å². The van der Waals surface area contributed by atoms with Gasteiger partial charge in [0.2, 0.25) is 0 Å². The highest BCUT2D eigenvalue weighted by molar-refractivity contribution is 8.00. The molecule has 0 N–H and O–H groups in total. The molecule has 24 heavy (non-hydrogen) atoms. The maximum atomic E-state index is 12.5. The molecule has 3 rings (SSSR count). The largest absolute Gasteiger partial charge is 0.492 e. The summed E-state index contributed by atoms with van der Waals surface area (Å²) in [5, 5.41) is 0.564. The first-order valence-electron chi connectivity index (χ1n) is 8.28. The lowest BCUT2D eigenvalue weighted by molar-refractivity contribution is 0.0986. The van der Waals surface area contributed by atoms with Crippen LogP contribution in [0.4, 0.5) is 0 Å². The van der Waals surface area contributed by atoms with Crippen molar-refractivity contribution in [3.63, 3.8) is 0 Å². The van der Waals surface area contributed by atoms with E-state index in [2.05, 4.69) is 9.97 Å². The average Bonchev–Trinajstić information content (AvgIpc) is 3.08. The van der Waals surface area contributed by atoms with Crippen molar-refractivity contribution >= 4 is 17.5 Å². The highest BCUT2D eigenvalue weighted by atomic mass is 32.2. The van der Waals surface area contributed by atoms with Gasteiger partial charge in [-0.3, -0.25) is 9.78 Å². The van der Waals surface area contributed by atoms with Gasteiger partial charge in [0, 0.05) is 35.0 Å². The smallest absolute Gasteiger partial charge is 0.187 e. The molecule has 0 amide bonds. The standard InChI is InChI=1S/C19H22N2O2S/c1-13-5-6-15(20-11-13)9-19(22)18-10-16(8-14(2)21-18)23-12-17-4-3-7-24-17/h5-6,8,10-11,17H,3-4,7,9,12H2,1-2H3. The molecule has 0 radical (unpaired) electrons. The fraction of sp³-hybridized carbons (Fsp3) is 0.421. The molecule has 0 saturated carbocycles. The number of carbonyl (C=O) groups is 1. The predicted molar refractivity (Wildman–Crippen MR) is 97.0 cm³/mol. The summed E-state index contributed by atoms with van der Waals surface area (Å²) >= 11 is 1.96. The lowest BCUT2D eigenvalue weighted by Gasteiger charge is -2.12. The molecule has 1 saturated heterocycles. The monoisotopic (exact) mass is 342 g/mol. The number of carbonyl (C=O) groups excluding carboxylic acids is 1. The molecule has 2 aromatic heterocycles. The van der Waals surface area contributed by atoms with Gasteiger partial charge in [0.05, 0.1) is 6.42 Å². The minimum atomic E-state index is -0.0323. The molecular formula is C19H22N2O2S. The van der Waals surface area contributed by atoms with Crippen LogP contribution in [0.2, 0.25) is 0 Å². The minimum Gasteiger partial charge on any atom is -0.492 e. The molecule has 1 aliphatic heterocycles. The van der Waals surface area contributed by atoms with Gasteiger partial charge in [0.15, 0.2) is 5.78 Å². The van der Waals surface area contributed by atoms with Crippen LogP contribution in [0.25, 0.3) is 0 Å². The Morgan fingerprint density at radius 2 is 2.21 bits per heavy atom. The van der Waals surface area contributed by atoms with E-state index in [9.17, 15) is 4.79 Å². The molecule has 4 nitrogen and oxygen atoms in total. The van der Waals surface area contributed by atoms with E-state index in [-0.39, 0.29) is 12.2 Å². The van der Waals surface area contributed by atoms with Crippen LogP contribution >= 0.6 is 11.8 Å². The summed E-state index contributed by atoms with van der Waals surface area (Å²) in [5.74, 6) is 1.92. The third kappa shape index (κ3) is 4.57. The van der Waals surface area contributed by atoms with Crippen molar-refractivity contribution in [1.82, 2.24) is 9.97 Å². The quantitative estimate of drug-likeness (QED) is 0.748. The maximum absolute atomic E-state index is 12.5. The molecule has 0 aromatic carbocycles. The molecule has 5 heteroatoms. The van der Waals surface area contributed by atoms with E-state index in [4.69, 9.17) is 4.74 Å². The number of thioether (sulfide) groups is 1. The van der Waals surface area contributed by atoms with Crippen molar-refractivity contribution in [2.75, 3.05) is 12.4 Å². The van der Waals surface area contributed by atoms with E-state index in [1.54, 1.807) is 12.3 Å². The van der Waals surface area contributed by atoms with Gasteiger partial charge in [0.1, 0.15) is 18.1 Å². The van der Waals surface area contributed by atoms with Crippen LogP contribution in [-0.4, -0.2) is 33.4 Å². The van der Waals surface area contributed by atoms with Crippen LogP contribution in [0.5, 0.6) is 5.75 Å². The first-order valence-corrected chi connectivity index (χ1v) is 9.33. The Morgan fingerprint density at radius 1 is 1.33 bits per heavy atom. The van der Waals surface area contributed by atoms with Gasteiger partial charge in [-0.25, -0.2) is 4.98 Å². The second-order valence-electron chi connectivity index (χ2n) is 6.20. The van der Waals surface area contributed by atoms with Crippen LogP contribution < -0.4 is 4.74 Å². The Balaban J connectivity index is 1.67. The summed E-state index contributed by atoms with van der Waals surface area (Å²) in [7, 11) is 0. The Bertz CT molecular complexity index is 710. The summed E-state index contributed by atoms with van der Waals surface area (Å²) in [6.07, 6.45) is 4.51. The van der Waals surface area contributed by atoms with Gasteiger partial charge >= 0.3 is 0 Å². The molecule has 0 bridgehead atoms. The minimum absolute atomic E-state index is 0.0323. The molecule has 1 fully saturated rings. The van der Waals surface area contributed by atoms with Gasteiger partial charge in [-0.05, 0) is 44.1 Å². The van der Waals surface area contributed by atoms with E-state index >= 15 is 0 Å². The molecule has 1 aliphatic rings. The lowest BCUT2D eigenvalue weighted by atomic mass is 10.1. The zero-order chi connectivity index (χ0) is 16.9. The Morgan fingerprint density at radius 3 is 2.92 bits per heavy atom. The topological polar surface area (TPSA) is 52.1 Å². The number of aromatic nitrogens is 2. The van der Waals surface area contributed by atoms with E-state index in [0.717, 1.165) is 22.7 Å². The van der Waals surface area contributed by atoms with E-state index in [1.807, 2.05) is 43.8 Å². The molecular weight excluding hydrogens is 320 g/mol. The van der Waals surface area contributed by atoms with Crippen LogP contribution in [0.1, 0.15) is 40.3 Å². The van der Waals surface area contributed by atoms with Crippen molar-refractivity contribution in [3.05, 3.63) is 53.1 Å². The van der Waals surface area contributed by atoms with Gasteiger partial charge in [-0.1, -0.05) is 6.07 Å². The molecule has 0 aliphatic carbocycles. The summed E-state index contributed by atoms with van der Waals surface area (Å²) < 4.78 is 5.90. The third-order valence-corrected chi connectivity index (χ3v) is 5.35. The van der Waals surface area contributed by atoms with Crippen LogP contribution in [0, 0.1) is 13.8 Å². The van der Waals surface area contributed by atoms with Gasteiger partial charge in [0.25, 0.3) is 0 Å². The zero-order valence-electron chi connectivity index (χ0n) is 14.1. The first kappa shape index (κ1) is 17.0. The molecule has 126 valence electrons. The summed E-state index contributed by atoms with van der Waals surface area (Å²) in [5.41, 5.74) is 3.09. The van der Waals surface area contributed by atoms with Crippen molar-refractivity contribution in [3.8, 4) is 5.75 Å². The summed E-state index contributed by atoms with van der Waals surface area (Å²) in [4.78, 5) is 21.2. The van der Waals surface area contributed by atoms with Crippen molar-refractivity contribution < 1.29 is 9.53 Å². The van der Waals surface area contributed by atoms with Crippen molar-refractivity contribution in [2.24, 2.45) is 0 Å². The Labute approximate surface area is 147 Å². The van der Waals surface area contributed by atoms with E-state index in [0.29, 0.717) is 17.6 Å². The fourth-order valence-corrected chi connectivity index (χ4v) is 3.85. The lowest BCUT2D eigenvalue weighted by Crippen LogP contribution is -2.13. The zero-order valence-corrected chi connectivity index (χ0v) is 14.9. The number of ketones is 1. The molecule has 1 unspecified atom stereocenters. The Hall–Kier alpha value is -1.88. The summed E-state index contributed by atoms with van der Waals surface area (Å²) in [6, 6.07) is 7.49. The van der Waals surface area contributed by atoms with Gasteiger partial charge in [-0.2, -0.15) is 11.8 Å². The number of ether oxygens (including phenoxy) is 1. The van der Waals surface area contributed by atoms with E-state index in [1.165, 1.54) is 18.6 Å². The van der Waals surface area contributed by atoms with Crippen LogP contribution in [0.3, 0.4) is 0 Å². The van der Waals surface area contributed by atoms with Gasteiger partial charge in [-0.15, -0.1) is 0 Å². The normalized spacial score (nSPS) is 17.0. The highest BCUT2D eigenvalue weighted by Crippen LogP contribution is 2.27. The number of Topliss-reactive ketones (excluding diaryl/α,β-unsaturated/α-hetero) is 1. The second-order valence-corrected chi connectivity index (χ2v) is 7.61. The second kappa shape index (κ2) is 7.79. The van der Waals surface area contributed by atoms with Crippen LogP contribution in [0.15, 0.2) is 30.5 Å². The number of rotatable bonds is 6. The predicted octanol–water partition coefficient (Wildman–Crippen LogP) is 3.79. The molecule has 2 aromatic rings. The molecule has 1 atom stereocenters. The van der Waals surface area contributed by atoms with Gasteiger partial charge < -0.3 is 4.74 Å². The average molecular weight is 342 g/mol. The Kier molecular flexibility index (Phi) is 5.51. The number of hydrogen-bond acceptors (Lipinski definition) is 5. The first-order chi connectivity index (χ1) is 11.6. The maximum Gasteiger partial charge on any atom is 0.187 e. The highest BCUT2D eigenvalue weighted by Gasteiger charge is 2.17. The number of pyridine rings is 2. The third-order valence-electron chi connectivity index (χ3n) is 3.99. The number of hydrogen-bond donors (Lipinski definition) is 0. The SMILES string of the molecule is Cc1ccc(CC(=O)c2cc(OCC3CCCS3)cc(C)n2)nc1. The molecule has 3 heterocycles. The van der Waals surface area contributed by atoms with Crippen LogP contribution in [-0.2, 0) is 6.42 Å². The number of nitrogens with zero attached hydrogens (tertiary/aromatic N) is 2.